The number of hydrogen-bond donors (Lipinski definition) is 1. The molecule has 26 heavy (non-hydrogen) atoms. The third-order valence-corrected chi connectivity index (χ3v) is 3.32. The van der Waals surface area contributed by atoms with E-state index in [9.17, 15) is 23.3 Å². The van der Waals surface area contributed by atoms with Gasteiger partial charge in [-0.1, -0.05) is 24.3 Å². The van der Waals surface area contributed by atoms with Crippen LogP contribution in [0.15, 0.2) is 53.6 Å². The van der Waals surface area contributed by atoms with Gasteiger partial charge in [0.1, 0.15) is 0 Å². The molecule has 0 saturated carbocycles. The maximum atomic E-state index is 12.9. The number of aromatic nitrogens is 2. The van der Waals surface area contributed by atoms with Crippen LogP contribution < -0.4 is 5.43 Å². The molecule has 0 radical (unpaired) electrons. The number of non-ortho nitro benzene ring substituents is 1. The molecule has 1 aromatic heterocycles. The standard InChI is InChI=1S/C16H10F3N5O2/c17-16(18,19)15-21-13-7-2-1-6-12(13)14(22-15)23-20-9-10-4-3-5-11(8-10)24(25)26/h1-9H,(H,21,22,23)/b20-9+. The van der Waals surface area contributed by atoms with Gasteiger partial charge < -0.3 is 0 Å². The third kappa shape index (κ3) is 3.74. The summed E-state index contributed by atoms with van der Waals surface area (Å²) < 4.78 is 38.8. The van der Waals surface area contributed by atoms with Crippen LogP contribution in [0.5, 0.6) is 0 Å². The summed E-state index contributed by atoms with van der Waals surface area (Å²) in [6, 6.07) is 11.8. The lowest BCUT2D eigenvalue weighted by Crippen LogP contribution is -2.12. The number of hydrogen-bond acceptors (Lipinski definition) is 6. The second kappa shape index (κ2) is 6.75. The second-order valence-electron chi connectivity index (χ2n) is 5.13. The van der Waals surface area contributed by atoms with Crippen LogP contribution in [0.2, 0.25) is 0 Å². The lowest BCUT2D eigenvalue weighted by molar-refractivity contribution is -0.384. The summed E-state index contributed by atoms with van der Waals surface area (Å²) in [6.45, 7) is 0. The SMILES string of the molecule is O=[N+]([O-])c1cccc(/C=N/Nc2nc(C(F)(F)F)nc3ccccc23)c1. The highest BCUT2D eigenvalue weighted by Gasteiger charge is 2.35. The molecule has 0 atom stereocenters. The fraction of sp³-hybridized carbons (Fsp3) is 0.0625. The molecule has 1 N–H and O–H groups in total. The number of nitrogens with zero attached hydrogens (tertiary/aromatic N) is 4. The van der Waals surface area contributed by atoms with Crippen molar-refractivity contribution in [3.8, 4) is 0 Å². The van der Waals surface area contributed by atoms with Crippen molar-refractivity contribution in [3.63, 3.8) is 0 Å². The maximum Gasteiger partial charge on any atom is 0.451 e. The van der Waals surface area contributed by atoms with Gasteiger partial charge in [-0.25, -0.2) is 9.97 Å². The Morgan fingerprint density at radius 3 is 2.62 bits per heavy atom. The number of benzene rings is 2. The zero-order chi connectivity index (χ0) is 18.7. The van der Waals surface area contributed by atoms with E-state index >= 15 is 0 Å². The highest BCUT2D eigenvalue weighted by molar-refractivity contribution is 5.89. The normalized spacial score (nSPS) is 11.8. The predicted molar refractivity (Wildman–Crippen MR) is 88.9 cm³/mol. The Morgan fingerprint density at radius 1 is 1.12 bits per heavy atom. The average molecular weight is 361 g/mol. The van der Waals surface area contributed by atoms with Gasteiger partial charge >= 0.3 is 6.18 Å². The Hall–Kier alpha value is -3.56. The topological polar surface area (TPSA) is 93.3 Å². The molecule has 3 aromatic rings. The second-order valence-corrected chi connectivity index (χ2v) is 5.13. The lowest BCUT2D eigenvalue weighted by Gasteiger charge is -2.09. The first-order valence-electron chi connectivity index (χ1n) is 7.22. The quantitative estimate of drug-likeness (QED) is 0.431. The molecule has 0 saturated heterocycles. The minimum atomic E-state index is -4.70. The largest absolute Gasteiger partial charge is 0.451 e. The van der Waals surface area contributed by atoms with Crippen LogP contribution >= 0.6 is 0 Å². The predicted octanol–water partition coefficient (Wildman–Crippen LogP) is 4.00. The number of halogens is 3. The number of hydrazone groups is 1. The first kappa shape index (κ1) is 17.3. The molecule has 0 bridgehead atoms. The van der Waals surface area contributed by atoms with E-state index in [1.165, 1.54) is 30.5 Å². The van der Waals surface area contributed by atoms with E-state index in [4.69, 9.17) is 0 Å². The monoisotopic (exact) mass is 361 g/mol. The summed E-state index contributed by atoms with van der Waals surface area (Å²) in [5.41, 5.74) is 2.84. The Labute approximate surface area is 144 Å². The fourth-order valence-corrected chi connectivity index (χ4v) is 2.18. The highest BCUT2D eigenvalue weighted by atomic mass is 19.4. The number of nitro groups is 1. The molecule has 3 rings (SSSR count). The van der Waals surface area contributed by atoms with Crippen molar-refractivity contribution in [3.05, 3.63) is 70.0 Å². The third-order valence-electron chi connectivity index (χ3n) is 3.32. The zero-order valence-corrected chi connectivity index (χ0v) is 12.9. The number of nitro benzene ring substituents is 1. The van der Waals surface area contributed by atoms with E-state index in [2.05, 4.69) is 20.5 Å². The molecule has 0 aliphatic heterocycles. The molecule has 132 valence electrons. The summed E-state index contributed by atoms with van der Waals surface area (Å²) in [6.07, 6.45) is -3.46. The molecule has 0 aliphatic rings. The van der Waals surface area contributed by atoms with Crippen LogP contribution in [0.1, 0.15) is 11.4 Å². The van der Waals surface area contributed by atoms with Gasteiger partial charge in [0.05, 0.1) is 16.7 Å². The fourth-order valence-electron chi connectivity index (χ4n) is 2.18. The number of nitrogens with one attached hydrogen (secondary N) is 1. The molecule has 2 aromatic carbocycles. The Bertz CT molecular complexity index is 1000. The van der Waals surface area contributed by atoms with Gasteiger partial charge in [-0.05, 0) is 12.1 Å². The lowest BCUT2D eigenvalue weighted by atomic mass is 10.2. The summed E-state index contributed by atoms with van der Waals surface area (Å²) in [7, 11) is 0. The van der Waals surface area contributed by atoms with Gasteiger partial charge in [0.15, 0.2) is 5.82 Å². The summed E-state index contributed by atoms with van der Waals surface area (Å²) >= 11 is 0. The molecule has 1 heterocycles. The summed E-state index contributed by atoms with van der Waals surface area (Å²) in [4.78, 5) is 17.2. The molecule has 10 heteroatoms. The van der Waals surface area contributed by atoms with Gasteiger partial charge in [-0.15, -0.1) is 0 Å². The molecule has 0 unspecified atom stereocenters. The number of rotatable bonds is 4. The molecule has 0 fully saturated rings. The zero-order valence-electron chi connectivity index (χ0n) is 12.9. The summed E-state index contributed by atoms with van der Waals surface area (Å²) in [5, 5.41) is 14.9. The number of fused-ring (bicyclic) bond motifs is 1. The van der Waals surface area contributed by atoms with Crippen molar-refractivity contribution < 1.29 is 18.1 Å². The van der Waals surface area contributed by atoms with Crippen LogP contribution in [-0.4, -0.2) is 21.1 Å². The van der Waals surface area contributed by atoms with Gasteiger partial charge in [-0.2, -0.15) is 18.3 Å². The molecular formula is C16H10F3N5O2. The molecule has 0 amide bonds. The Morgan fingerprint density at radius 2 is 1.88 bits per heavy atom. The number of anilines is 1. The molecule has 0 aliphatic carbocycles. The smallest absolute Gasteiger partial charge is 0.261 e. The van der Waals surface area contributed by atoms with Crippen molar-refractivity contribution in [2.45, 2.75) is 6.18 Å². The Balaban J connectivity index is 1.93. The molecule has 0 spiro atoms. The van der Waals surface area contributed by atoms with E-state index in [1.54, 1.807) is 24.3 Å². The van der Waals surface area contributed by atoms with Gasteiger partial charge in [0.25, 0.3) is 5.69 Å². The minimum absolute atomic E-state index is 0.114. The van der Waals surface area contributed by atoms with Crippen LogP contribution in [0.3, 0.4) is 0 Å². The van der Waals surface area contributed by atoms with E-state index in [-0.39, 0.29) is 17.0 Å². The van der Waals surface area contributed by atoms with Crippen LogP contribution in [0, 0.1) is 10.1 Å². The van der Waals surface area contributed by atoms with Crippen molar-refractivity contribution in [1.82, 2.24) is 9.97 Å². The van der Waals surface area contributed by atoms with E-state index < -0.39 is 16.9 Å². The van der Waals surface area contributed by atoms with Crippen LogP contribution in [0.4, 0.5) is 24.7 Å². The molecular weight excluding hydrogens is 351 g/mol. The van der Waals surface area contributed by atoms with E-state index in [1.807, 2.05) is 0 Å². The molecule has 7 nitrogen and oxygen atoms in total. The van der Waals surface area contributed by atoms with Crippen molar-refractivity contribution in [2.24, 2.45) is 5.10 Å². The van der Waals surface area contributed by atoms with Crippen molar-refractivity contribution in [2.75, 3.05) is 5.43 Å². The first-order valence-corrected chi connectivity index (χ1v) is 7.22. The maximum absolute atomic E-state index is 12.9. The van der Waals surface area contributed by atoms with Crippen molar-refractivity contribution in [1.29, 1.82) is 0 Å². The minimum Gasteiger partial charge on any atom is -0.261 e. The first-order chi connectivity index (χ1) is 12.3. The van der Waals surface area contributed by atoms with Gasteiger partial charge in [0.2, 0.25) is 5.82 Å². The van der Waals surface area contributed by atoms with E-state index in [0.29, 0.717) is 10.9 Å². The van der Waals surface area contributed by atoms with Gasteiger partial charge in [0, 0.05) is 23.1 Å². The van der Waals surface area contributed by atoms with Gasteiger partial charge in [-0.3, -0.25) is 15.5 Å². The van der Waals surface area contributed by atoms with E-state index in [0.717, 1.165) is 0 Å². The average Bonchev–Trinajstić information content (AvgIpc) is 2.61. The number of alkyl halides is 3. The van der Waals surface area contributed by atoms with Crippen molar-refractivity contribution >= 4 is 28.6 Å². The Kier molecular flexibility index (Phi) is 4.48. The van der Waals surface area contributed by atoms with Crippen LogP contribution in [-0.2, 0) is 6.18 Å². The number of para-hydroxylation sites is 1. The summed E-state index contributed by atoms with van der Waals surface area (Å²) in [5.74, 6) is -1.41. The highest BCUT2D eigenvalue weighted by Crippen LogP contribution is 2.30. The van der Waals surface area contributed by atoms with Crippen LogP contribution in [0.25, 0.3) is 10.9 Å².